The Labute approximate surface area is 184 Å². The third kappa shape index (κ3) is 3.85. The molecule has 5 rings (SSSR count). The molecule has 1 heterocycles. The summed E-state index contributed by atoms with van der Waals surface area (Å²) in [5.74, 6) is 0.867. The van der Waals surface area contributed by atoms with E-state index in [1.165, 1.54) is 28.0 Å². The van der Waals surface area contributed by atoms with Gasteiger partial charge in [0.2, 0.25) is 0 Å². The molecule has 1 aliphatic heterocycles. The van der Waals surface area contributed by atoms with Crippen LogP contribution in [0.4, 0.5) is 5.69 Å². The Kier molecular flexibility index (Phi) is 5.28. The molecule has 0 saturated heterocycles. The van der Waals surface area contributed by atoms with E-state index in [4.69, 9.17) is 4.74 Å². The van der Waals surface area contributed by atoms with Crippen molar-refractivity contribution >= 4 is 17.5 Å². The van der Waals surface area contributed by atoms with Gasteiger partial charge in [-0.2, -0.15) is 0 Å². The second-order valence-electron chi connectivity index (χ2n) is 7.80. The van der Waals surface area contributed by atoms with Crippen LogP contribution in [0, 0.1) is 0 Å². The van der Waals surface area contributed by atoms with Gasteiger partial charge in [0.05, 0.1) is 13.2 Å². The summed E-state index contributed by atoms with van der Waals surface area (Å²) in [5, 5.41) is 0. The standard InChI is InChI=1S/C29H25NO/c1-31-26-18-16-25(17-19-26)30-28(23-12-6-3-7-13-23)21-24-14-8-9-15-27(24)29(30)20-22-10-4-2-5-11-22/h2-19,21,29H,20H2,1H3. The van der Waals surface area contributed by atoms with E-state index in [0.29, 0.717) is 0 Å². The minimum atomic E-state index is 0.187. The summed E-state index contributed by atoms with van der Waals surface area (Å²) in [6, 6.07) is 38.7. The van der Waals surface area contributed by atoms with E-state index >= 15 is 0 Å². The van der Waals surface area contributed by atoms with E-state index in [1.807, 2.05) is 12.1 Å². The third-order valence-electron chi connectivity index (χ3n) is 5.91. The molecular weight excluding hydrogens is 378 g/mol. The summed E-state index contributed by atoms with van der Waals surface area (Å²) >= 11 is 0. The van der Waals surface area contributed by atoms with Crippen LogP contribution in [0.25, 0.3) is 11.8 Å². The maximum absolute atomic E-state index is 5.41. The number of benzene rings is 4. The Balaban J connectivity index is 1.69. The predicted molar refractivity (Wildman–Crippen MR) is 129 cm³/mol. The van der Waals surface area contributed by atoms with Gasteiger partial charge in [-0.1, -0.05) is 84.9 Å². The van der Waals surface area contributed by atoms with Crippen molar-refractivity contribution < 1.29 is 4.74 Å². The van der Waals surface area contributed by atoms with E-state index in [2.05, 4.69) is 108 Å². The number of anilines is 1. The van der Waals surface area contributed by atoms with Crippen LogP contribution in [-0.2, 0) is 6.42 Å². The second kappa shape index (κ2) is 8.53. The van der Waals surface area contributed by atoms with Crippen LogP contribution in [0.15, 0.2) is 109 Å². The molecule has 0 N–H and O–H groups in total. The molecule has 1 aliphatic rings. The number of hydrogen-bond donors (Lipinski definition) is 0. The number of nitrogens with zero attached hydrogens (tertiary/aromatic N) is 1. The molecule has 2 nitrogen and oxygen atoms in total. The third-order valence-corrected chi connectivity index (χ3v) is 5.91. The topological polar surface area (TPSA) is 12.5 Å². The minimum absolute atomic E-state index is 0.187. The van der Waals surface area contributed by atoms with Crippen molar-refractivity contribution in [3.05, 3.63) is 131 Å². The van der Waals surface area contributed by atoms with Gasteiger partial charge in [-0.05, 0) is 59.0 Å². The molecular formula is C29H25NO. The van der Waals surface area contributed by atoms with Crippen LogP contribution >= 0.6 is 0 Å². The first-order valence-electron chi connectivity index (χ1n) is 10.7. The molecule has 0 bridgehead atoms. The normalized spacial score (nSPS) is 15.2. The molecule has 0 amide bonds. The Morgan fingerprint density at radius 3 is 2.06 bits per heavy atom. The van der Waals surface area contributed by atoms with E-state index in [-0.39, 0.29) is 6.04 Å². The van der Waals surface area contributed by atoms with Gasteiger partial charge in [-0.25, -0.2) is 0 Å². The van der Waals surface area contributed by atoms with Gasteiger partial charge < -0.3 is 9.64 Å². The van der Waals surface area contributed by atoms with E-state index < -0.39 is 0 Å². The molecule has 0 aromatic heterocycles. The van der Waals surface area contributed by atoms with E-state index in [9.17, 15) is 0 Å². The molecule has 0 radical (unpaired) electrons. The van der Waals surface area contributed by atoms with Crippen molar-refractivity contribution in [3.8, 4) is 5.75 Å². The fourth-order valence-electron chi connectivity index (χ4n) is 4.40. The van der Waals surface area contributed by atoms with Gasteiger partial charge in [0.25, 0.3) is 0 Å². The number of fused-ring (bicyclic) bond motifs is 1. The predicted octanol–water partition coefficient (Wildman–Crippen LogP) is 7.00. The Morgan fingerprint density at radius 2 is 1.35 bits per heavy atom. The van der Waals surface area contributed by atoms with Crippen LogP contribution in [0.1, 0.15) is 28.3 Å². The number of methoxy groups -OCH3 is 1. The zero-order valence-electron chi connectivity index (χ0n) is 17.6. The fourth-order valence-corrected chi connectivity index (χ4v) is 4.40. The van der Waals surface area contributed by atoms with Crippen molar-refractivity contribution in [3.63, 3.8) is 0 Å². The van der Waals surface area contributed by atoms with Crippen molar-refractivity contribution in [2.75, 3.05) is 12.0 Å². The smallest absolute Gasteiger partial charge is 0.119 e. The quantitative estimate of drug-likeness (QED) is 0.356. The summed E-state index contributed by atoms with van der Waals surface area (Å²) < 4.78 is 5.41. The molecule has 0 aliphatic carbocycles. The van der Waals surface area contributed by atoms with Crippen LogP contribution in [0.3, 0.4) is 0 Å². The van der Waals surface area contributed by atoms with Crippen LogP contribution in [0.2, 0.25) is 0 Å². The summed E-state index contributed by atoms with van der Waals surface area (Å²) in [5.41, 5.74) is 7.55. The van der Waals surface area contributed by atoms with Gasteiger partial charge in [0, 0.05) is 11.4 Å². The average Bonchev–Trinajstić information content (AvgIpc) is 2.85. The van der Waals surface area contributed by atoms with Gasteiger partial charge in [-0.3, -0.25) is 0 Å². The molecule has 0 fully saturated rings. The maximum atomic E-state index is 5.41. The average molecular weight is 404 g/mol. The van der Waals surface area contributed by atoms with Crippen molar-refractivity contribution in [2.24, 2.45) is 0 Å². The molecule has 31 heavy (non-hydrogen) atoms. The molecule has 152 valence electrons. The lowest BCUT2D eigenvalue weighted by atomic mass is 9.87. The first kappa shape index (κ1) is 19.2. The lowest BCUT2D eigenvalue weighted by molar-refractivity contribution is 0.415. The summed E-state index contributed by atoms with van der Waals surface area (Å²) in [6.45, 7) is 0. The second-order valence-corrected chi connectivity index (χ2v) is 7.80. The monoisotopic (exact) mass is 403 g/mol. The lowest BCUT2D eigenvalue weighted by Gasteiger charge is -2.40. The fraction of sp³-hybridized carbons (Fsp3) is 0.103. The van der Waals surface area contributed by atoms with Gasteiger partial charge in [0.1, 0.15) is 5.75 Å². The van der Waals surface area contributed by atoms with Crippen molar-refractivity contribution in [2.45, 2.75) is 12.5 Å². The highest BCUT2D eigenvalue weighted by atomic mass is 16.5. The Bertz CT molecular complexity index is 1180. The van der Waals surface area contributed by atoms with Crippen LogP contribution in [-0.4, -0.2) is 7.11 Å². The van der Waals surface area contributed by atoms with Gasteiger partial charge >= 0.3 is 0 Å². The van der Waals surface area contributed by atoms with Gasteiger partial charge in [-0.15, -0.1) is 0 Å². The number of rotatable bonds is 5. The molecule has 1 atom stereocenters. The first-order chi connectivity index (χ1) is 15.3. The highest BCUT2D eigenvalue weighted by Crippen LogP contribution is 2.43. The molecule has 4 aromatic rings. The summed E-state index contributed by atoms with van der Waals surface area (Å²) in [6.07, 6.45) is 3.24. The summed E-state index contributed by atoms with van der Waals surface area (Å²) in [7, 11) is 1.71. The molecule has 0 saturated carbocycles. The highest BCUT2D eigenvalue weighted by molar-refractivity contribution is 5.93. The first-order valence-corrected chi connectivity index (χ1v) is 10.7. The van der Waals surface area contributed by atoms with Crippen molar-refractivity contribution in [1.82, 2.24) is 0 Å². The zero-order chi connectivity index (χ0) is 21.0. The number of ether oxygens (including phenoxy) is 1. The highest BCUT2D eigenvalue weighted by Gasteiger charge is 2.30. The number of hydrogen-bond acceptors (Lipinski definition) is 2. The Hall–Kier alpha value is -3.78. The van der Waals surface area contributed by atoms with Gasteiger partial charge in [0.15, 0.2) is 0 Å². The molecule has 2 heteroatoms. The summed E-state index contributed by atoms with van der Waals surface area (Å²) in [4.78, 5) is 2.48. The maximum Gasteiger partial charge on any atom is 0.119 e. The van der Waals surface area contributed by atoms with E-state index in [1.54, 1.807) is 7.11 Å². The van der Waals surface area contributed by atoms with E-state index in [0.717, 1.165) is 17.9 Å². The molecule has 0 spiro atoms. The zero-order valence-corrected chi connectivity index (χ0v) is 17.6. The lowest BCUT2D eigenvalue weighted by Crippen LogP contribution is -2.32. The minimum Gasteiger partial charge on any atom is -0.497 e. The Morgan fingerprint density at radius 1 is 0.710 bits per heavy atom. The van der Waals surface area contributed by atoms with Crippen LogP contribution in [0.5, 0.6) is 5.75 Å². The van der Waals surface area contributed by atoms with Crippen molar-refractivity contribution in [1.29, 1.82) is 0 Å². The van der Waals surface area contributed by atoms with Crippen LogP contribution < -0.4 is 9.64 Å². The molecule has 1 unspecified atom stereocenters. The SMILES string of the molecule is COc1ccc(N2C(c3ccccc3)=Cc3ccccc3C2Cc2ccccc2)cc1. The largest absolute Gasteiger partial charge is 0.497 e. The molecule has 4 aromatic carbocycles.